The van der Waals surface area contributed by atoms with E-state index in [4.69, 9.17) is 9.47 Å². The van der Waals surface area contributed by atoms with Gasteiger partial charge >= 0.3 is 0 Å². The molecule has 7 heteroatoms. The maximum Gasteiger partial charge on any atom is 0.222 e. The first-order valence-corrected chi connectivity index (χ1v) is 10.2. The fourth-order valence-electron chi connectivity index (χ4n) is 3.97. The lowest BCUT2D eigenvalue weighted by molar-refractivity contribution is -0.132. The highest BCUT2D eigenvalue weighted by Crippen LogP contribution is 2.27. The summed E-state index contributed by atoms with van der Waals surface area (Å²) in [6, 6.07) is 6.13. The maximum atomic E-state index is 12.7. The Morgan fingerprint density at radius 1 is 1.14 bits per heavy atom. The Balaban J connectivity index is 1.50. The van der Waals surface area contributed by atoms with E-state index in [0.717, 1.165) is 60.9 Å². The summed E-state index contributed by atoms with van der Waals surface area (Å²) in [4.78, 5) is 14.7. The molecule has 0 atom stereocenters. The van der Waals surface area contributed by atoms with E-state index in [-0.39, 0.29) is 5.91 Å². The summed E-state index contributed by atoms with van der Waals surface area (Å²) < 4.78 is 12.6. The molecular weight excluding hydrogens is 368 g/mol. The van der Waals surface area contributed by atoms with E-state index in [1.54, 1.807) is 14.2 Å². The Morgan fingerprint density at radius 2 is 1.76 bits per heavy atom. The van der Waals surface area contributed by atoms with E-state index < -0.39 is 0 Å². The molecule has 1 aromatic carbocycles. The molecule has 3 rings (SSSR count). The van der Waals surface area contributed by atoms with Gasteiger partial charge in [-0.3, -0.25) is 9.48 Å². The number of hydrogen-bond donors (Lipinski definition) is 1. The van der Waals surface area contributed by atoms with Crippen LogP contribution in [0.1, 0.15) is 36.2 Å². The van der Waals surface area contributed by atoms with E-state index in [1.807, 2.05) is 41.8 Å². The van der Waals surface area contributed by atoms with Crippen LogP contribution in [-0.2, 0) is 18.3 Å². The number of rotatable bonds is 7. The zero-order chi connectivity index (χ0) is 21.0. The van der Waals surface area contributed by atoms with Gasteiger partial charge in [0.15, 0.2) is 0 Å². The van der Waals surface area contributed by atoms with Crippen molar-refractivity contribution in [1.82, 2.24) is 14.7 Å². The molecule has 1 aliphatic rings. The molecule has 7 nitrogen and oxygen atoms in total. The zero-order valence-corrected chi connectivity index (χ0v) is 18.1. The van der Waals surface area contributed by atoms with Crippen molar-refractivity contribution in [3.05, 3.63) is 35.2 Å². The van der Waals surface area contributed by atoms with Crippen molar-refractivity contribution in [1.29, 1.82) is 0 Å². The Hall–Kier alpha value is -2.70. The molecule has 1 aromatic heterocycles. The number of nitrogens with one attached hydrogen (secondary N) is 1. The second-order valence-electron chi connectivity index (χ2n) is 7.67. The predicted octanol–water partition coefficient (Wildman–Crippen LogP) is 3.09. The second kappa shape index (κ2) is 9.20. The standard InChI is InChI=1S/C22H32N4O3/c1-15-21(16(2)25(3)24-15)6-7-22(27)26-10-8-17(9-11-26)23-18-12-19(28-4)14-20(13-18)29-5/h12-14,17,23H,6-11H2,1-5H3. The Bertz CT molecular complexity index is 832. The van der Waals surface area contributed by atoms with Gasteiger partial charge in [-0.15, -0.1) is 0 Å². The Kier molecular flexibility index (Phi) is 6.67. The van der Waals surface area contributed by atoms with Crippen LogP contribution in [-0.4, -0.2) is 53.9 Å². The van der Waals surface area contributed by atoms with Crippen LogP contribution in [0.4, 0.5) is 5.69 Å². The van der Waals surface area contributed by atoms with Crippen LogP contribution in [0.2, 0.25) is 0 Å². The molecular formula is C22H32N4O3. The van der Waals surface area contributed by atoms with Gasteiger partial charge in [0.2, 0.25) is 5.91 Å². The lowest BCUT2D eigenvalue weighted by Crippen LogP contribution is -2.42. The summed E-state index contributed by atoms with van der Waals surface area (Å²) in [6.45, 7) is 5.63. The van der Waals surface area contributed by atoms with Gasteiger partial charge in [0.05, 0.1) is 19.9 Å². The number of carbonyl (C=O) groups is 1. The van der Waals surface area contributed by atoms with Crippen molar-refractivity contribution < 1.29 is 14.3 Å². The number of hydrogen-bond acceptors (Lipinski definition) is 5. The first kappa shape index (κ1) is 21.0. The number of piperidine rings is 1. The number of carbonyl (C=O) groups excluding carboxylic acids is 1. The smallest absolute Gasteiger partial charge is 0.222 e. The number of aromatic nitrogens is 2. The first-order chi connectivity index (χ1) is 13.9. The number of nitrogens with zero attached hydrogens (tertiary/aromatic N) is 3. The fourth-order valence-corrected chi connectivity index (χ4v) is 3.97. The average molecular weight is 401 g/mol. The molecule has 0 spiro atoms. The minimum atomic E-state index is 0.231. The van der Waals surface area contributed by atoms with E-state index in [2.05, 4.69) is 17.3 Å². The van der Waals surface area contributed by atoms with Gasteiger partial charge < -0.3 is 19.7 Å². The fraction of sp³-hybridized carbons (Fsp3) is 0.545. The minimum absolute atomic E-state index is 0.231. The SMILES string of the molecule is COc1cc(NC2CCN(C(=O)CCc3c(C)nn(C)c3C)CC2)cc(OC)c1. The highest BCUT2D eigenvalue weighted by molar-refractivity contribution is 5.76. The van der Waals surface area contributed by atoms with Gasteiger partial charge in [-0.05, 0) is 38.7 Å². The third-order valence-corrected chi connectivity index (χ3v) is 5.82. The second-order valence-corrected chi connectivity index (χ2v) is 7.67. The third-order valence-electron chi connectivity index (χ3n) is 5.82. The molecule has 0 bridgehead atoms. The highest BCUT2D eigenvalue weighted by atomic mass is 16.5. The van der Waals surface area contributed by atoms with Crippen molar-refractivity contribution >= 4 is 11.6 Å². The molecule has 158 valence electrons. The molecule has 0 unspecified atom stereocenters. The van der Waals surface area contributed by atoms with E-state index in [0.29, 0.717) is 12.5 Å². The summed E-state index contributed by atoms with van der Waals surface area (Å²) in [5.74, 6) is 1.76. The van der Waals surface area contributed by atoms with Gasteiger partial charge in [0.1, 0.15) is 11.5 Å². The van der Waals surface area contributed by atoms with Crippen molar-refractivity contribution in [3.8, 4) is 11.5 Å². The lowest BCUT2D eigenvalue weighted by Gasteiger charge is -2.33. The molecule has 29 heavy (non-hydrogen) atoms. The summed E-state index contributed by atoms with van der Waals surface area (Å²) >= 11 is 0. The van der Waals surface area contributed by atoms with Crippen LogP contribution in [0.25, 0.3) is 0 Å². The molecule has 1 N–H and O–H groups in total. The molecule has 0 radical (unpaired) electrons. The molecule has 1 aliphatic heterocycles. The summed E-state index contributed by atoms with van der Waals surface area (Å²) in [5, 5.41) is 8.00. The first-order valence-electron chi connectivity index (χ1n) is 10.2. The van der Waals surface area contributed by atoms with Gasteiger partial charge in [0.25, 0.3) is 0 Å². The summed E-state index contributed by atoms with van der Waals surface area (Å²) in [6.07, 6.45) is 3.15. The van der Waals surface area contributed by atoms with E-state index >= 15 is 0 Å². The van der Waals surface area contributed by atoms with Crippen LogP contribution in [0.3, 0.4) is 0 Å². The largest absolute Gasteiger partial charge is 0.497 e. The number of ether oxygens (including phenoxy) is 2. The number of aryl methyl sites for hydroxylation is 2. The van der Waals surface area contributed by atoms with Crippen LogP contribution < -0.4 is 14.8 Å². The highest BCUT2D eigenvalue weighted by Gasteiger charge is 2.23. The van der Waals surface area contributed by atoms with Crippen LogP contribution in [0.15, 0.2) is 18.2 Å². The molecule has 0 saturated carbocycles. The molecule has 1 saturated heterocycles. The average Bonchev–Trinajstić information content (AvgIpc) is 2.97. The molecule has 2 heterocycles. The normalized spacial score (nSPS) is 14.7. The number of amides is 1. The monoisotopic (exact) mass is 400 g/mol. The van der Waals surface area contributed by atoms with Crippen LogP contribution in [0, 0.1) is 13.8 Å². The number of likely N-dealkylation sites (tertiary alicyclic amines) is 1. The van der Waals surface area contributed by atoms with Crippen molar-refractivity contribution in [2.75, 3.05) is 32.6 Å². The van der Waals surface area contributed by atoms with Crippen molar-refractivity contribution in [2.45, 2.75) is 45.6 Å². The third kappa shape index (κ3) is 5.02. The molecule has 1 fully saturated rings. The number of anilines is 1. The quantitative estimate of drug-likeness (QED) is 0.774. The molecule has 1 amide bonds. The molecule has 0 aliphatic carbocycles. The maximum absolute atomic E-state index is 12.7. The minimum Gasteiger partial charge on any atom is -0.497 e. The van der Waals surface area contributed by atoms with Crippen molar-refractivity contribution in [3.63, 3.8) is 0 Å². The van der Waals surface area contributed by atoms with Gasteiger partial charge in [0, 0.05) is 62.2 Å². The summed E-state index contributed by atoms with van der Waals surface area (Å²) in [7, 11) is 5.25. The van der Waals surface area contributed by atoms with Gasteiger partial charge in [-0.25, -0.2) is 0 Å². The predicted molar refractivity (Wildman–Crippen MR) is 114 cm³/mol. The topological polar surface area (TPSA) is 68.6 Å². The van der Waals surface area contributed by atoms with E-state index in [1.165, 1.54) is 5.56 Å². The lowest BCUT2D eigenvalue weighted by atomic mass is 10.0. The van der Waals surface area contributed by atoms with Crippen molar-refractivity contribution in [2.24, 2.45) is 7.05 Å². The number of benzene rings is 1. The van der Waals surface area contributed by atoms with Crippen LogP contribution >= 0.6 is 0 Å². The summed E-state index contributed by atoms with van der Waals surface area (Å²) in [5.41, 5.74) is 4.35. The van der Waals surface area contributed by atoms with E-state index in [9.17, 15) is 4.79 Å². The molecule has 2 aromatic rings. The van der Waals surface area contributed by atoms with Gasteiger partial charge in [-0.1, -0.05) is 0 Å². The van der Waals surface area contributed by atoms with Gasteiger partial charge in [-0.2, -0.15) is 5.10 Å². The Morgan fingerprint density at radius 3 is 2.28 bits per heavy atom. The zero-order valence-electron chi connectivity index (χ0n) is 18.1. The Labute approximate surface area is 173 Å². The van der Waals surface area contributed by atoms with Crippen LogP contribution in [0.5, 0.6) is 11.5 Å². The number of methoxy groups -OCH3 is 2.